The van der Waals surface area contributed by atoms with E-state index in [1.165, 1.54) is 6.07 Å². The summed E-state index contributed by atoms with van der Waals surface area (Å²) >= 11 is 0. The van der Waals surface area contributed by atoms with Gasteiger partial charge in [-0.15, -0.1) is 0 Å². The highest BCUT2D eigenvalue weighted by molar-refractivity contribution is 5.25. The van der Waals surface area contributed by atoms with Gasteiger partial charge in [0, 0.05) is 12.7 Å². The van der Waals surface area contributed by atoms with Gasteiger partial charge in [0.15, 0.2) is 17.5 Å². The van der Waals surface area contributed by atoms with Crippen LogP contribution in [0.3, 0.4) is 0 Å². The van der Waals surface area contributed by atoms with Gasteiger partial charge in [0.05, 0.1) is 12.1 Å². The van der Waals surface area contributed by atoms with Gasteiger partial charge in [-0.2, -0.15) is 0 Å². The van der Waals surface area contributed by atoms with Gasteiger partial charge in [0.1, 0.15) is 0 Å². The zero-order valence-corrected chi connectivity index (χ0v) is 11.8. The number of rotatable bonds is 7. The first-order valence-electron chi connectivity index (χ1n) is 6.99. The minimum atomic E-state index is -1.42. The van der Waals surface area contributed by atoms with Crippen LogP contribution in [-0.2, 0) is 4.74 Å². The van der Waals surface area contributed by atoms with Gasteiger partial charge in [-0.3, -0.25) is 0 Å². The summed E-state index contributed by atoms with van der Waals surface area (Å²) in [5.41, 5.74) is 0.135. The highest BCUT2D eigenvalue weighted by atomic mass is 19.2. The van der Waals surface area contributed by atoms with Crippen molar-refractivity contribution in [3.05, 3.63) is 35.1 Å². The zero-order chi connectivity index (χ0) is 14.7. The van der Waals surface area contributed by atoms with Crippen molar-refractivity contribution >= 4 is 0 Å². The SMILES string of the molecule is CCCNC(c1ccc(F)c(F)c1F)C(OC)C1CC1. The summed E-state index contributed by atoms with van der Waals surface area (Å²) in [5.74, 6) is -3.36. The molecule has 2 rings (SSSR count). The first-order chi connectivity index (χ1) is 9.60. The van der Waals surface area contributed by atoms with Crippen LogP contribution < -0.4 is 5.32 Å². The average molecular weight is 287 g/mol. The molecular formula is C15H20F3NO. The summed E-state index contributed by atoms with van der Waals surface area (Å²) in [6, 6.07) is 1.81. The van der Waals surface area contributed by atoms with Gasteiger partial charge in [-0.1, -0.05) is 13.0 Å². The van der Waals surface area contributed by atoms with E-state index in [0.717, 1.165) is 25.3 Å². The standard InChI is InChI=1S/C15H20F3NO/c1-3-8-19-14(15(20-2)9-4-5-9)10-6-7-11(16)13(18)12(10)17/h6-7,9,14-15,19H,3-5,8H2,1-2H3. The maximum Gasteiger partial charge on any atom is 0.194 e. The number of benzene rings is 1. The Hall–Kier alpha value is -1.07. The summed E-state index contributed by atoms with van der Waals surface area (Å²) in [4.78, 5) is 0. The van der Waals surface area contributed by atoms with Crippen LogP contribution in [0.1, 0.15) is 37.8 Å². The predicted molar refractivity (Wildman–Crippen MR) is 70.9 cm³/mol. The predicted octanol–water partition coefficient (Wildman–Crippen LogP) is 3.57. The fourth-order valence-electron chi connectivity index (χ4n) is 2.51. The van der Waals surface area contributed by atoms with Crippen LogP contribution in [0.5, 0.6) is 0 Å². The van der Waals surface area contributed by atoms with Crippen LogP contribution in [-0.4, -0.2) is 19.8 Å². The molecule has 1 aliphatic carbocycles. The molecule has 112 valence electrons. The Morgan fingerprint density at radius 3 is 2.50 bits per heavy atom. The lowest BCUT2D eigenvalue weighted by Crippen LogP contribution is -2.36. The molecule has 0 aromatic heterocycles. The van der Waals surface area contributed by atoms with Crippen LogP contribution in [0.2, 0.25) is 0 Å². The van der Waals surface area contributed by atoms with Crippen LogP contribution >= 0.6 is 0 Å². The summed E-state index contributed by atoms with van der Waals surface area (Å²) in [7, 11) is 1.57. The molecule has 2 nitrogen and oxygen atoms in total. The van der Waals surface area contributed by atoms with Gasteiger partial charge < -0.3 is 10.1 Å². The zero-order valence-electron chi connectivity index (χ0n) is 11.8. The van der Waals surface area contributed by atoms with E-state index in [9.17, 15) is 13.2 Å². The van der Waals surface area contributed by atoms with E-state index < -0.39 is 23.5 Å². The van der Waals surface area contributed by atoms with Crippen molar-refractivity contribution < 1.29 is 17.9 Å². The second-order valence-electron chi connectivity index (χ2n) is 5.23. The van der Waals surface area contributed by atoms with Gasteiger partial charge in [-0.05, 0) is 37.8 Å². The summed E-state index contributed by atoms with van der Waals surface area (Å²) in [6.07, 6.45) is 2.69. The van der Waals surface area contributed by atoms with E-state index in [0.29, 0.717) is 12.5 Å². The number of nitrogens with one attached hydrogen (secondary N) is 1. The molecule has 20 heavy (non-hydrogen) atoms. The summed E-state index contributed by atoms with van der Waals surface area (Å²) in [5, 5.41) is 3.19. The Morgan fingerprint density at radius 2 is 1.95 bits per heavy atom. The Morgan fingerprint density at radius 1 is 1.25 bits per heavy atom. The van der Waals surface area contributed by atoms with E-state index in [1.54, 1.807) is 7.11 Å². The molecule has 1 aliphatic rings. The van der Waals surface area contributed by atoms with Crippen molar-refractivity contribution in [3.8, 4) is 0 Å². The van der Waals surface area contributed by atoms with Gasteiger partial charge in [0.2, 0.25) is 0 Å². The Labute approximate surface area is 117 Å². The molecule has 0 spiro atoms. The molecule has 2 atom stereocenters. The van der Waals surface area contributed by atoms with Crippen LogP contribution in [0, 0.1) is 23.4 Å². The van der Waals surface area contributed by atoms with Gasteiger partial charge in [0.25, 0.3) is 0 Å². The molecule has 1 N–H and O–H groups in total. The minimum absolute atomic E-state index is 0.135. The second-order valence-corrected chi connectivity index (χ2v) is 5.23. The fourth-order valence-corrected chi connectivity index (χ4v) is 2.51. The quantitative estimate of drug-likeness (QED) is 0.774. The molecule has 0 radical (unpaired) electrons. The van der Waals surface area contributed by atoms with Crippen molar-refractivity contribution in [3.63, 3.8) is 0 Å². The number of halogens is 3. The number of methoxy groups -OCH3 is 1. The Kier molecular flexibility index (Phi) is 5.05. The molecule has 0 saturated heterocycles. The van der Waals surface area contributed by atoms with E-state index in [4.69, 9.17) is 4.74 Å². The smallest absolute Gasteiger partial charge is 0.194 e. The maximum absolute atomic E-state index is 14.0. The highest BCUT2D eigenvalue weighted by Gasteiger charge is 2.38. The fraction of sp³-hybridized carbons (Fsp3) is 0.600. The topological polar surface area (TPSA) is 21.3 Å². The first kappa shape index (κ1) is 15.3. The first-order valence-corrected chi connectivity index (χ1v) is 6.99. The minimum Gasteiger partial charge on any atom is -0.379 e. The van der Waals surface area contributed by atoms with Crippen molar-refractivity contribution in [1.29, 1.82) is 0 Å². The third-order valence-electron chi connectivity index (χ3n) is 3.70. The third kappa shape index (κ3) is 3.15. The van der Waals surface area contributed by atoms with Crippen LogP contribution in [0.25, 0.3) is 0 Å². The number of ether oxygens (including phenoxy) is 1. The number of hydrogen-bond acceptors (Lipinski definition) is 2. The molecular weight excluding hydrogens is 267 g/mol. The van der Waals surface area contributed by atoms with Crippen molar-refractivity contribution in [2.75, 3.05) is 13.7 Å². The lowest BCUT2D eigenvalue weighted by atomic mass is 9.97. The van der Waals surface area contributed by atoms with Crippen LogP contribution in [0.15, 0.2) is 12.1 Å². The lowest BCUT2D eigenvalue weighted by molar-refractivity contribution is 0.0493. The van der Waals surface area contributed by atoms with Crippen molar-refractivity contribution in [1.82, 2.24) is 5.32 Å². The molecule has 1 saturated carbocycles. The van der Waals surface area contributed by atoms with Crippen molar-refractivity contribution in [2.45, 2.75) is 38.3 Å². The molecule has 0 heterocycles. The molecule has 1 aromatic rings. The molecule has 0 amide bonds. The Balaban J connectivity index is 2.32. The normalized spacial score (nSPS) is 18.1. The Bertz CT molecular complexity index is 463. The largest absolute Gasteiger partial charge is 0.379 e. The van der Waals surface area contributed by atoms with E-state index in [1.807, 2.05) is 6.92 Å². The van der Waals surface area contributed by atoms with E-state index >= 15 is 0 Å². The summed E-state index contributed by atoms with van der Waals surface area (Å²) < 4.78 is 46.0. The molecule has 2 unspecified atom stereocenters. The number of hydrogen-bond donors (Lipinski definition) is 1. The van der Waals surface area contributed by atoms with Gasteiger partial charge >= 0.3 is 0 Å². The monoisotopic (exact) mass is 287 g/mol. The molecule has 1 fully saturated rings. The second kappa shape index (κ2) is 6.59. The third-order valence-corrected chi connectivity index (χ3v) is 3.70. The molecule has 0 bridgehead atoms. The maximum atomic E-state index is 14.0. The molecule has 0 aliphatic heterocycles. The average Bonchev–Trinajstić information content (AvgIpc) is 3.26. The highest BCUT2D eigenvalue weighted by Crippen LogP contribution is 2.40. The van der Waals surface area contributed by atoms with Crippen LogP contribution in [0.4, 0.5) is 13.2 Å². The summed E-state index contributed by atoms with van der Waals surface area (Å²) in [6.45, 7) is 2.65. The molecule has 5 heteroatoms. The molecule has 1 aromatic carbocycles. The lowest BCUT2D eigenvalue weighted by Gasteiger charge is -2.28. The van der Waals surface area contributed by atoms with Gasteiger partial charge in [-0.25, -0.2) is 13.2 Å². The van der Waals surface area contributed by atoms with E-state index in [2.05, 4.69) is 5.32 Å². The van der Waals surface area contributed by atoms with E-state index in [-0.39, 0.29) is 11.7 Å². The van der Waals surface area contributed by atoms with Crippen molar-refractivity contribution in [2.24, 2.45) is 5.92 Å².